The molecule has 12 aromatic rings. The maximum atomic E-state index is 6.35. The lowest BCUT2D eigenvalue weighted by Crippen LogP contribution is -2.00. The van der Waals surface area contributed by atoms with Gasteiger partial charge in [0.1, 0.15) is 22.3 Å². The standard InChI is InChI=1S/C52H30N4O2/c1-3-11-32(12-4-1)49-41-27-28-45-48(40-16-8-10-18-44(40)57-45)47(41)39-26-23-35(29-42(39)53-49)31-19-21-34(22-20-31)51-54-50(33-13-5-2-6-14-33)55-52(56-51)36-24-25-38-37-15-7-9-17-43(37)58-46(38)30-36/h1-30H. The highest BCUT2D eigenvalue weighted by Crippen LogP contribution is 2.42. The number of nitrogens with zero attached hydrogens (tertiary/aromatic N) is 4. The molecule has 0 aliphatic carbocycles. The molecular formula is C52H30N4O2. The Bertz CT molecular complexity index is 3560. The minimum Gasteiger partial charge on any atom is -0.456 e. The number of furan rings is 2. The van der Waals surface area contributed by atoms with Crippen molar-refractivity contribution in [3.63, 3.8) is 0 Å². The number of hydrogen-bond acceptors (Lipinski definition) is 6. The Labute approximate surface area is 331 Å². The molecule has 0 unspecified atom stereocenters. The minimum absolute atomic E-state index is 0.580. The van der Waals surface area contributed by atoms with E-state index in [9.17, 15) is 0 Å². The van der Waals surface area contributed by atoms with E-state index in [0.29, 0.717) is 17.5 Å². The van der Waals surface area contributed by atoms with Gasteiger partial charge in [0.25, 0.3) is 0 Å². The van der Waals surface area contributed by atoms with Gasteiger partial charge in [0.05, 0.1) is 11.2 Å². The average Bonchev–Trinajstić information content (AvgIpc) is 3.87. The number of para-hydroxylation sites is 2. The second-order valence-corrected chi connectivity index (χ2v) is 14.6. The normalized spacial score (nSPS) is 11.8. The molecule has 0 saturated heterocycles. The Morgan fingerprint density at radius 1 is 0.276 bits per heavy atom. The SMILES string of the molecule is c1ccc(-c2nc(-c3ccc(-c4ccc5c(c4)nc(-c4ccccc4)c4ccc6oc7ccccc7c6c45)cc3)nc(-c3ccc4c(c3)oc3ccccc34)n2)cc1. The van der Waals surface area contributed by atoms with Gasteiger partial charge in [-0.1, -0.05) is 140 Å². The largest absolute Gasteiger partial charge is 0.456 e. The van der Waals surface area contributed by atoms with Crippen molar-refractivity contribution in [2.75, 3.05) is 0 Å². The number of benzene rings is 8. The van der Waals surface area contributed by atoms with Gasteiger partial charge in [-0.2, -0.15) is 0 Å². The summed E-state index contributed by atoms with van der Waals surface area (Å²) in [5, 5.41) is 7.68. The van der Waals surface area contributed by atoms with Gasteiger partial charge in [0.2, 0.25) is 0 Å². The van der Waals surface area contributed by atoms with E-state index in [1.807, 2.05) is 72.8 Å². The van der Waals surface area contributed by atoms with Crippen LogP contribution in [0.4, 0.5) is 0 Å². The predicted molar refractivity (Wildman–Crippen MR) is 234 cm³/mol. The van der Waals surface area contributed by atoms with Gasteiger partial charge in [-0.05, 0) is 53.6 Å². The fraction of sp³-hybridized carbons (Fsp3) is 0. The van der Waals surface area contributed by atoms with Crippen LogP contribution in [0.3, 0.4) is 0 Å². The van der Waals surface area contributed by atoms with E-state index in [4.69, 9.17) is 28.8 Å². The number of rotatable bonds is 5. The van der Waals surface area contributed by atoms with Crippen molar-refractivity contribution < 1.29 is 8.83 Å². The number of fused-ring (bicyclic) bond motifs is 10. The molecule has 58 heavy (non-hydrogen) atoms. The molecular weight excluding hydrogens is 713 g/mol. The van der Waals surface area contributed by atoms with E-state index in [1.54, 1.807) is 0 Å². The van der Waals surface area contributed by atoms with Gasteiger partial charge in [0.15, 0.2) is 17.5 Å². The topological polar surface area (TPSA) is 77.8 Å². The summed E-state index contributed by atoms with van der Waals surface area (Å²) in [7, 11) is 0. The fourth-order valence-electron chi connectivity index (χ4n) is 8.33. The van der Waals surface area contributed by atoms with Crippen LogP contribution in [-0.2, 0) is 0 Å². The van der Waals surface area contributed by atoms with Gasteiger partial charge in [-0.25, -0.2) is 19.9 Å². The molecule has 0 fully saturated rings. The highest BCUT2D eigenvalue weighted by Gasteiger charge is 2.19. The monoisotopic (exact) mass is 742 g/mol. The highest BCUT2D eigenvalue weighted by molar-refractivity contribution is 6.28. The zero-order valence-corrected chi connectivity index (χ0v) is 30.9. The summed E-state index contributed by atoms with van der Waals surface area (Å²) in [6.45, 7) is 0. The summed E-state index contributed by atoms with van der Waals surface area (Å²) in [5.74, 6) is 1.78. The van der Waals surface area contributed by atoms with Crippen LogP contribution >= 0.6 is 0 Å². The summed E-state index contributed by atoms with van der Waals surface area (Å²) < 4.78 is 12.6. The van der Waals surface area contributed by atoms with Crippen LogP contribution < -0.4 is 0 Å². The van der Waals surface area contributed by atoms with E-state index >= 15 is 0 Å². The molecule has 0 aliphatic rings. The molecule has 0 radical (unpaired) electrons. The highest BCUT2D eigenvalue weighted by atomic mass is 16.3. The lowest BCUT2D eigenvalue weighted by Gasteiger charge is -2.13. The van der Waals surface area contributed by atoms with Crippen LogP contribution in [0.25, 0.3) is 122 Å². The van der Waals surface area contributed by atoms with Crippen LogP contribution in [-0.4, -0.2) is 19.9 Å². The van der Waals surface area contributed by atoms with Crippen molar-refractivity contribution in [3.8, 4) is 56.5 Å². The van der Waals surface area contributed by atoms with Crippen molar-refractivity contribution in [2.45, 2.75) is 0 Å². The predicted octanol–water partition coefficient (Wildman–Crippen LogP) is 13.7. The molecule has 0 aliphatic heterocycles. The van der Waals surface area contributed by atoms with Gasteiger partial charge in [0, 0.05) is 60.0 Å². The summed E-state index contributed by atoms with van der Waals surface area (Å²) >= 11 is 0. The number of hydrogen-bond donors (Lipinski definition) is 0. The molecule has 8 aromatic carbocycles. The summed E-state index contributed by atoms with van der Waals surface area (Å²) in [5.41, 5.74) is 11.1. The molecule has 0 spiro atoms. The van der Waals surface area contributed by atoms with Crippen LogP contribution in [0.2, 0.25) is 0 Å². The number of aromatic nitrogens is 4. The average molecular weight is 743 g/mol. The maximum absolute atomic E-state index is 6.35. The maximum Gasteiger partial charge on any atom is 0.164 e. The molecule has 270 valence electrons. The van der Waals surface area contributed by atoms with Crippen molar-refractivity contribution in [1.82, 2.24) is 19.9 Å². The van der Waals surface area contributed by atoms with Gasteiger partial charge >= 0.3 is 0 Å². The van der Waals surface area contributed by atoms with Crippen LogP contribution in [0.5, 0.6) is 0 Å². The minimum atomic E-state index is 0.580. The lowest BCUT2D eigenvalue weighted by molar-refractivity contribution is 0.668. The molecule has 0 N–H and O–H groups in total. The molecule has 4 aromatic heterocycles. The third-order valence-electron chi connectivity index (χ3n) is 11.1. The van der Waals surface area contributed by atoms with Crippen molar-refractivity contribution in [2.24, 2.45) is 0 Å². The molecule has 12 rings (SSSR count). The molecule has 6 nitrogen and oxygen atoms in total. The van der Waals surface area contributed by atoms with Gasteiger partial charge in [-0.15, -0.1) is 0 Å². The summed E-state index contributed by atoms with van der Waals surface area (Å²) in [6, 6.07) is 62.2. The molecule has 6 heteroatoms. The van der Waals surface area contributed by atoms with Crippen LogP contribution in [0, 0.1) is 0 Å². The third-order valence-corrected chi connectivity index (χ3v) is 11.1. The van der Waals surface area contributed by atoms with Crippen molar-refractivity contribution in [1.29, 1.82) is 0 Å². The van der Waals surface area contributed by atoms with Crippen molar-refractivity contribution >= 4 is 65.6 Å². The Morgan fingerprint density at radius 2 is 0.793 bits per heavy atom. The van der Waals surface area contributed by atoms with E-state index < -0.39 is 0 Å². The Hall–Kier alpha value is -7.96. The molecule has 0 atom stereocenters. The first-order chi connectivity index (χ1) is 28.7. The zero-order chi connectivity index (χ0) is 38.2. The van der Waals surface area contributed by atoms with Crippen LogP contribution in [0.1, 0.15) is 0 Å². The first kappa shape index (κ1) is 32.3. The van der Waals surface area contributed by atoms with E-state index in [0.717, 1.165) is 105 Å². The number of pyridine rings is 1. The van der Waals surface area contributed by atoms with Gasteiger partial charge < -0.3 is 8.83 Å². The first-order valence-electron chi connectivity index (χ1n) is 19.3. The van der Waals surface area contributed by atoms with E-state index in [1.165, 1.54) is 0 Å². The molecule has 0 amide bonds. The Balaban J connectivity index is 0.981. The Kier molecular flexibility index (Phi) is 7.13. The van der Waals surface area contributed by atoms with Crippen LogP contribution in [0.15, 0.2) is 191 Å². The molecule has 4 heterocycles. The first-order valence-corrected chi connectivity index (χ1v) is 19.3. The molecule has 0 bridgehead atoms. The lowest BCUT2D eigenvalue weighted by atomic mass is 9.94. The zero-order valence-electron chi connectivity index (χ0n) is 30.9. The third kappa shape index (κ3) is 5.20. The van der Waals surface area contributed by atoms with E-state index in [2.05, 4.69) is 109 Å². The second kappa shape index (κ2) is 12.8. The van der Waals surface area contributed by atoms with E-state index in [-0.39, 0.29) is 0 Å². The fourth-order valence-corrected chi connectivity index (χ4v) is 8.33. The second-order valence-electron chi connectivity index (χ2n) is 14.6. The summed E-state index contributed by atoms with van der Waals surface area (Å²) in [6.07, 6.45) is 0. The smallest absolute Gasteiger partial charge is 0.164 e. The summed E-state index contributed by atoms with van der Waals surface area (Å²) in [4.78, 5) is 20.3. The quantitative estimate of drug-likeness (QED) is 0.163. The molecule has 0 saturated carbocycles. The van der Waals surface area contributed by atoms with Crippen molar-refractivity contribution in [3.05, 3.63) is 182 Å². The Morgan fingerprint density at radius 3 is 1.55 bits per heavy atom. The van der Waals surface area contributed by atoms with Gasteiger partial charge in [-0.3, -0.25) is 0 Å².